The van der Waals surface area contributed by atoms with E-state index in [1.165, 1.54) is 6.07 Å². The molecule has 3 nitrogen and oxygen atoms in total. The summed E-state index contributed by atoms with van der Waals surface area (Å²) in [5, 5.41) is 2.06. The summed E-state index contributed by atoms with van der Waals surface area (Å²) in [6, 6.07) is 9.06. The fraction of sp³-hybridized carbons (Fsp3) is 0. The van der Waals surface area contributed by atoms with Gasteiger partial charge in [-0.3, -0.25) is 4.79 Å². The molecule has 0 aliphatic heterocycles. The van der Waals surface area contributed by atoms with Crippen LogP contribution in [-0.4, -0.2) is 4.98 Å². The lowest BCUT2D eigenvalue weighted by Gasteiger charge is -1.96. The molecular weight excluding hydrogens is 178 g/mol. The highest BCUT2D eigenvalue weighted by Gasteiger charge is 2.00. The lowest BCUT2D eigenvalue weighted by molar-refractivity contribution is 0.616. The number of H-pyrrole nitrogens is 1. The highest BCUT2D eigenvalue weighted by Crippen LogP contribution is 2.20. The summed E-state index contributed by atoms with van der Waals surface area (Å²) in [6.07, 6.45) is 1.64. The smallest absolute Gasteiger partial charge is 0.248 e. The minimum atomic E-state index is -0.0941. The van der Waals surface area contributed by atoms with Gasteiger partial charge in [-0.25, -0.2) is 0 Å². The first-order chi connectivity index (χ1) is 6.83. The molecule has 2 aromatic heterocycles. The van der Waals surface area contributed by atoms with Crippen LogP contribution in [0.2, 0.25) is 0 Å². The van der Waals surface area contributed by atoms with E-state index in [4.69, 9.17) is 4.42 Å². The molecule has 3 rings (SSSR count). The SMILES string of the molecule is O=c1ccc2cc3ccoc3cc2[nH]1. The van der Waals surface area contributed by atoms with Crippen LogP contribution in [0.3, 0.4) is 0 Å². The third-order valence-electron chi connectivity index (χ3n) is 2.30. The molecule has 0 amide bonds. The Kier molecular flexibility index (Phi) is 1.31. The van der Waals surface area contributed by atoms with Crippen molar-refractivity contribution in [2.45, 2.75) is 0 Å². The van der Waals surface area contributed by atoms with Gasteiger partial charge in [0.05, 0.1) is 11.8 Å². The molecule has 68 valence electrons. The summed E-state index contributed by atoms with van der Waals surface area (Å²) in [5.41, 5.74) is 1.50. The van der Waals surface area contributed by atoms with Crippen molar-refractivity contribution in [3.63, 3.8) is 0 Å². The Morgan fingerprint density at radius 2 is 2.00 bits per heavy atom. The Labute approximate surface area is 79.0 Å². The molecule has 0 spiro atoms. The van der Waals surface area contributed by atoms with Crippen molar-refractivity contribution < 1.29 is 4.42 Å². The van der Waals surface area contributed by atoms with Crippen molar-refractivity contribution in [2.24, 2.45) is 0 Å². The van der Waals surface area contributed by atoms with Crippen LogP contribution in [0.5, 0.6) is 0 Å². The molecule has 1 N–H and O–H groups in total. The van der Waals surface area contributed by atoms with Crippen molar-refractivity contribution in [3.05, 3.63) is 46.9 Å². The Morgan fingerprint density at radius 3 is 2.93 bits per heavy atom. The summed E-state index contributed by atoms with van der Waals surface area (Å²) >= 11 is 0. The van der Waals surface area contributed by atoms with Crippen LogP contribution in [0.1, 0.15) is 0 Å². The number of furan rings is 1. The summed E-state index contributed by atoms with van der Waals surface area (Å²) in [5.74, 6) is 0. The highest BCUT2D eigenvalue weighted by atomic mass is 16.3. The minimum Gasteiger partial charge on any atom is -0.464 e. The average Bonchev–Trinajstić information content (AvgIpc) is 2.61. The van der Waals surface area contributed by atoms with E-state index in [1.807, 2.05) is 18.2 Å². The van der Waals surface area contributed by atoms with E-state index < -0.39 is 0 Å². The fourth-order valence-corrected chi connectivity index (χ4v) is 1.61. The van der Waals surface area contributed by atoms with Crippen molar-refractivity contribution in [2.75, 3.05) is 0 Å². The number of nitrogens with one attached hydrogen (secondary N) is 1. The predicted octanol–water partition coefficient (Wildman–Crippen LogP) is 2.27. The first-order valence-electron chi connectivity index (χ1n) is 4.33. The van der Waals surface area contributed by atoms with Gasteiger partial charge in [0.25, 0.3) is 0 Å². The number of hydrogen-bond donors (Lipinski definition) is 1. The van der Waals surface area contributed by atoms with E-state index in [0.29, 0.717) is 0 Å². The number of aromatic nitrogens is 1. The maximum absolute atomic E-state index is 11.1. The van der Waals surface area contributed by atoms with Crippen molar-refractivity contribution in [1.29, 1.82) is 0 Å². The number of fused-ring (bicyclic) bond motifs is 2. The Morgan fingerprint density at radius 1 is 1.07 bits per heavy atom. The van der Waals surface area contributed by atoms with Gasteiger partial charge in [0.15, 0.2) is 0 Å². The lowest BCUT2D eigenvalue weighted by Crippen LogP contribution is -2.01. The van der Waals surface area contributed by atoms with Crippen LogP contribution in [-0.2, 0) is 0 Å². The summed E-state index contributed by atoms with van der Waals surface area (Å²) in [6.45, 7) is 0. The largest absolute Gasteiger partial charge is 0.464 e. The summed E-state index contributed by atoms with van der Waals surface area (Å²) < 4.78 is 5.24. The van der Waals surface area contributed by atoms with Gasteiger partial charge in [0.1, 0.15) is 5.58 Å². The molecule has 0 radical (unpaired) electrons. The van der Waals surface area contributed by atoms with E-state index in [0.717, 1.165) is 21.9 Å². The van der Waals surface area contributed by atoms with Gasteiger partial charge in [-0.05, 0) is 23.6 Å². The second-order valence-corrected chi connectivity index (χ2v) is 3.22. The molecule has 14 heavy (non-hydrogen) atoms. The van der Waals surface area contributed by atoms with Gasteiger partial charge in [-0.15, -0.1) is 0 Å². The molecule has 3 heteroatoms. The third-order valence-corrected chi connectivity index (χ3v) is 2.30. The zero-order chi connectivity index (χ0) is 9.54. The van der Waals surface area contributed by atoms with Gasteiger partial charge < -0.3 is 9.40 Å². The maximum atomic E-state index is 11.1. The van der Waals surface area contributed by atoms with Crippen LogP contribution in [0.25, 0.3) is 21.9 Å². The third kappa shape index (κ3) is 0.956. The second-order valence-electron chi connectivity index (χ2n) is 3.22. The van der Waals surface area contributed by atoms with Gasteiger partial charge in [0.2, 0.25) is 5.56 Å². The number of pyridine rings is 1. The van der Waals surface area contributed by atoms with Gasteiger partial charge >= 0.3 is 0 Å². The summed E-state index contributed by atoms with van der Waals surface area (Å²) in [7, 11) is 0. The molecular formula is C11H7NO2. The molecule has 0 atom stereocenters. The van der Waals surface area contributed by atoms with E-state index in [-0.39, 0.29) is 5.56 Å². The van der Waals surface area contributed by atoms with Crippen molar-refractivity contribution in [3.8, 4) is 0 Å². The zero-order valence-corrected chi connectivity index (χ0v) is 7.28. The quantitative estimate of drug-likeness (QED) is 0.584. The lowest BCUT2D eigenvalue weighted by atomic mass is 10.2. The monoisotopic (exact) mass is 185 g/mol. The minimum absolute atomic E-state index is 0.0941. The number of aromatic amines is 1. The Balaban J connectivity index is 2.56. The maximum Gasteiger partial charge on any atom is 0.248 e. The number of rotatable bonds is 0. The Hall–Kier alpha value is -2.03. The Bertz CT molecular complexity index is 663. The zero-order valence-electron chi connectivity index (χ0n) is 7.28. The van der Waals surface area contributed by atoms with Crippen LogP contribution in [0.15, 0.2) is 45.8 Å². The fourth-order valence-electron chi connectivity index (χ4n) is 1.61. The standard InChI is InChI=1S/C11H7NO2/c13-11-2-1-7-5-8-3-4-14-10(8)6-9(7)12-11/h1-6H,(H,12,13). The molecule has 2 heterocycles. The number of benzene rings is 1. The van der Waals surface area contributed by atoms with E-state index in [2.05, 4.69) is 4.98 Å². The topological polar surface area (TPSA) is 46.0 Å². The van der Waals surface area contributed by atoms with Crippen LogP contribution in [0, 0.1) is 0 Å². The average molecular weight is 185 g/mol. The van der Waals surface area contributed by atoms with Gasteiger partial charge in [0, 0.05) is 17.5 Å². The first kappa shape index (κ1) is 7.38. The second kappa shape index (κ2) is 2.48. The van der Waals surface area contributed by atoms with Crippen LogP contribution in [0.4, 0.5) is 0 Å². The number of hydrogen-bond acceptors (Lipinski definition) is 2. The molecule has 0 aliphatic carbocycles. The molecule has 0 saturated heterocycles. The van der Waals surface area contributed by atoms with Crippen molar-refractivity contribution >= 4 is 21.9 Å². The molecule has 0 bridgehead atoms. The summed E-state index contributed by atoms with van der Waals surface area (Å²) in [4.78, 5) is 13.8. The highest BCUT2D eigenvalue weighted by molar-refractivity contribution is 5.93. The molecule has 3 aromatic rings. The predicted molar refractivity (Wildman–Crippen MR) is 54.3 cm³/mol. The van der Waals surface area contributed by atoms with Gasteiger partial charge in [-0.1, -0.05) is 0 Å². The first-order valence-corrected chi connectivity index (χ1v) is 4.33. The van der Waals surface area contributed by atoms with E-state index in [1.54, 1.807) is 12.3 Å². The van der Waals surface area contributed by atoms with E-state index in [9.17, 15) is 4.79 Å². The molecule has 1 aromatic carbocycles. The van der Waals surface area contributed by atoms with Crippen LogP contribution >= 0.6 is 0 Å². The van der Waals surface area contributed by atoms with E-state index >= 15 is 0 Å². The molecule has 0 aliphatic rings. The van der Waals surface area contributed by atoms with Crippen molar-refractivity contribution in [1.82, 2.24) is 4.98 Å². The normalized spacial score (nSPS) is 11.1. The van der Waals surface area contributed by atoms with Crippen LogP contribution < -0.4 is 5.56 Å². The molecule has 0 fully saturated rings. The molecule has 0 unspecified atom stereocenters. The van der Waals surface area contributed by atoms with Gasteiger partial charge in [-0.2, -0.15) is 0 Å². The molecule has 0 saturated carbocycles.